The van der Waals surface area contributed by atoms with Gasteiger partial charge < -0.3 is 10.4 Å². The van der Waals surface area contributed by atoms with Crippen molar-refractivity contribution in [1.82, 2.24) is 5.32 Å². The number of aliphatic hydroxyl groups is 1. The molecular weight excluding hydrogens is 202 g/mol. The van der Waals surface area contributed by atoms with Crippen molar-refractivity contribution in [3.05, 3.63) is 0 Å². The largest absolute Gasteiger partial charge is 0.393 e. The fourth-order valence-corrected chi connectivity index (χ4v) is 2.73. The zero-order chi connectivity index (χ0) is 12.0. The molecule has 2 unspecified atom stereocenters. The summed E-state index contributed by atoms with van der Waals surface area (Å²) in [5.41, 5.74) is -0.126. The van der Waals surface area contributed by atoms with E-state index in [-0.39, 0.29) is 17.6 Å². The van der Waals surface area contributed by atoms with Crippen LogP contribution in [0.5, 0.6) is 0 Å². The lowest BCUT2D eigenvalue weighted by Crippen LogP contribution is -2.52. The summed E-state index contributed by atoms with van der Waals surface area (Å²) < 4.78 is 0. The molecule has 0 bridgehead atoms. The third-order valence-electron chi connectivity index (χ3n) is 3.41. The van der Waals surface area contributed by atoms with Crippen molar-refractivity contribution in [2.24, 2.45) is 0 Å². The highest BCUT2D eigenvalue weighted by Crippen LogP contribution is 2.30. The summed E-state index contributed by atoms with van der Waals surface area (Å²) in [4.78, 5) is 11.5. The molecule has 1 rings (SSSR count). The Kier molecular flexibility index (Phi) is 5.26. The molecule has 2 N–H and O–H groups in total. The smallest absolute Gasteiger partial charge is 0.220 e. The fraction of sp³-hybridized carbons (Fsp3) is 0.923. The Balaban J connectivity index is 2.55. The number of aliphatic hydroxyl groups excluding tert-OH is 1. The van der Waals surface area contributed by atoms with Crippen LogP contribution in [0, 0.1) is 0 Å². The van der Waals surface area contributed by atoms with Gasteiger partial charge in [-0.1, -0.05) is 26.2 Å². The minimum Gasteiger partial charge on any atom is -0.393 e. The molecule has 16 heavy (non-hydrogen) atoms. The highest BCUT2D eigenvalue weighted by atomic mass is 16.3. The van der Waals surface area contributed by atoms with Crippen molar-refractivity contribution in [3.8, 4) is 0 Å². The summed E-state index contributed by atoms with van der Waals surface area (Å²) in [7, 11) is 0. The van der Waals surface area contributed by atoms with Gasteiger partial charge >= 0.3 is 0 Å². The highest BCUT2D eigenvalue weighted by molar-refractivity contribution is 5.77. The van der Waals surface area contributed by atoms with Crippen LogP contribution in [0.15, 0.2) is 0 Å². The lowest BCUT2D eigenvalue weighted by atomic mass is 9.80. The molecule has 0 radical (unpaired) electrons. The molecule has 0 spiro atoms. The first kappa shape index (κ1) is 13.5. The van der Waals surface area contributed by atoms with Gasteiger partial charge in [-0.15, -0.1) is 0 Å². The molecule has 1 saturated heterocycles. The van der Waals surface area contributed by atoms with Gasteiger partial charge in [-0.05, 0) is 32.6 Å². The Morgan fingerprint density at radius 1 is 1.50 bits per heavy atom. The second kappa shape index (κ2) is 6.24. The van der Waals surface area contributed by atoms with Gasteiger partial charge in [-0.2, -0.15) is 0 Å². The predicted molar refractivity (Wildman–Crippen MR) is 65.2 cm³/mol. The minimum absolute atomic E-state index is 0.126. The summed E-state index contributed by atoms with van der Waals surface area (Å²) in [6, 6.07) is 0. The van der Waals surface area contributed by atoms with Crippen LogP contribution in [0.4, 0.5) is 0 Å². The maximum atomic E-state index is 11.5. The molecule has 0 aromatic rings. The monoisotopic (exact) mass is 227 g/mol. The Labute approximate surface area is 98.6 Å². The average Bonchev–Trinajstić information content (AvgIpc) is 2.16. The Hall–Kier alpha value is -0.570. The molecule has 0 aliphatic carbocycles. The first-order valence-corrected chi connectivity index (χ1v) is 6.57. The Morgan fingerprint density at radius 3 is 2.81 bits per heavy atom. The number of hydrogen-bond donors (Lipinski definition) is 2. The van der Waals surface area contributed by atoms with E-state index in [1.807, 2.05) is 6.92 Å². The molecule has 3 nitrogen and oxygen atoms in total. The van der Waals surface area contributed by atoms with Crippen LogP contribution in [0.1, 0.15) is 65.2 Å². The van der Waals surface area contributed by atoms with Crippen molar-refractivity contribution in [2.75, 3.05) is 0 Å². The summed E-state index contributed by atoms with van der Waals surface area (Å²) in [5.74, 6) is 0.156. The number of unbranched alkanes of at least 4 members (excludes halogenated alkanes) is 2. The lowest BCUT2D eigenvalue weighted by molar-refractivity contribution is -0.125. The van der Waals surface area contributed by atoms with Gasteiger partial charge in [0.2, 0.25) is 5.91 Å². The van der Waals surface area contributed by atoms with E-state index in [1.165, 1.54) is 12.8 Å². The first-order chi connectivity index (χ1) is 7.58. The molecule has 1 fully saturated rings. The van der Waals surface area contributed by atoms with E-state index in [0.717, 1.165) is 25.7 Å². The van der Waals surface area contributed by atoms with Crippen LogP contribution in [0.2, 0.25) is 0 Å². The number of amides is 1. The Bertz CT molecular complexity index is 228. The number of hydrogen-bond acceptors (Lipinski definition) is 2. The molecule has 94 valence electrons. The van der Waals surface area contributed by atoms with E-state index in [0.29, 0.717) is 12.8 Å². The van der Waals surface area contributed by atoms with Crippen LogP contribution in [0.25, 0.3) is 0 Å². The molecule has 1 aliphatic rings. The van der Waals surface area contributed by atoms with E-state index in [1.54, 1.807) is 0 Å². The van der Waals surface area contributed by atoms with Gasteiger partial charge in [-0.3, -0.25) is 4.79 Å². The summed E-state index contributed by atoms with van der Waals surface area (Å²) >= 11 is 0. The second-order valence-electron chi connectivity index (χ2n) is 5.19. The van der Waals surface area contributed by atoms with Crippen molar-refractivity contribution in [1.29, 1.82) is 0 Å². The zero-order valence-electron chi connectivity index (χ0n) is 10.6. The molecule has 0 aromatic heterocycles. The van der Waals surface area contributed by atoms with E-state index in [2.05, 4.69) is 12.2 Å². The van der Waals surface area contributed by atoms with Gasteiger partial charge in [-0.25, -0.2) is 0 Å². The van der Waals surface area contributed by atoms with Crippen LogP contribution >= 0.6 is 0 Å². The standard InChI is InChI=1S/C13H25NO2/c1-3-4-5-8-13(10-11(2)15)9-6-7-12(16)14-13/h11,15H,3-10H2,1-2H3,(H,14,16). The van der Waals surface area contributed by atoms with Gasteiger partial charge in [0.25, 0.3) is 0 Å². The van der Waals surface area contributed by atoms with Crippen molar-refractivity contribution < 1.29 is 9.90 Å². The third-order valence-corrected chi connectivity index (χ3v) is 3.41. The topological polar surface area (TPSA) is 49.3 Å². The van der Waals surface area contributed by atoms with E-state index >= 15 is 0 Å². The minimum atomic E-state index is -0.333. The number of carbonyl (C=O) groups excluding carboxylic acids is 1. The molecule has 3 heteroatoms. The number of nitrogens with one attached hydrogen (secondary N) is 1. The zero-order valence-corrected chi connectivity index (χ0v) is 10.6. The van der Waals surface area contributed by atoms with Crippen LogP contribution in [-0.4, -0.2) is 22.7 Å². The maximum absolute atomic E-state index is 11.5. The fourth-order valence-electron chi connectivity index (χ4n) is 2.73. The molecular formula is C13H25NO2. The lowest BCUT2D eigenvalue weighted by Gasteiger charge is -2.39. The van der Waals surface area contributed by atoms with Crippen LogP contribution in [0.3, 0.4) is 0 Å². The van der Waals surface area contributed by atoms with Gasteiger partial charge in [0.1, 0.15) is 0 Å². The van der Waals surface area contributed by atoms with Crippen LogP contribution < -0.4 is 5.32 Å². The van der Waals surface area contributed by atoms with E-state index < -0.39 is 0 Å². The van der Waals surface area contributed by atoms with Gasteiger partial charge in [0, 0.05) is 12.0 Å². The highest BCUT2D eigenvalue weighted by Gasteiger charge is 2.35. The van der Waals surface area contributed by atoms with E-state index in [9.17, 15) is 9.90 Å². The summed E-state index contributed by atoms with van der Waals surface area (Å²) in [5, 5.41) is 12.7. The molecule has 0 saturated carbocycles. The first-order valence-electron chi connectivity index (χ1n) is 6.57. The number of rotatable bonds is 6. The van der Waals surface area contributed by atoms with Crippen molar-refractivity contribution in [3.63, 3.8) is 0 Å². The molecule has 0 aromatic carbocycles. The van der Waals surface area contributed by atoms with Crippen LogP contribution in [-0.2, 0) is 4.79 Å². The molecule has 2 atom stereocenters. The average molecular weight is 227 g/mol. The van der Waals surface area contributed by atoms with Gasteiger partial charge in [0.15, 0.2) is 0 Å². The normalized spacial score (nSPS) is 27.6. The number of piperidine rings is 1. The van der Waals surface area contributed by atoms with E-state index in [4.69, 9.17) is 0 Å². The summed E-state index contributed by atoms with van der Waals surface area (Å²) in [6.45, 7) is 3.99. The Morgan fingerprint density at radius 2 is 2.25 bits per heavy atom. The predicted octanol–water partition coefficient (Wildman–Crippen LogP) is 2.38. The number of carbonyl (C=O) groups is 1. The third kappa shape index (κ3) is 4.12. The quantitative estimate of drug-likeness (QED) is 0.684. The van der Waals surface area contributed by atoms with Gasteiger partial charge in [0.05, 0.1) is 6.10 Å². The maximum Gasteiger partial charge on any atom is 0.220 e. The summed E-state index contributed by atoms with van der Waals surface area (Å²) in [6.07, 6.45) is 7.55. The van der Waals surface area contributed by atoms with Crippen molar-refractivity contribution >= 4 is 5.91 Å². The SMILES string of the molecule is CCCCCC1(CC(C)O)CCCC(=O)N1. The molecule has 1 heterocycles. The molecule has 1 amide bonds. The second-order valence-corrected chi connectivity index (χ2v) is 5.19. The molecule has 1 aliphatic heterocycles. The van der Waals surface area contributed by atoms with Crippen molar-refractivity contribution in [2.45, 2.75) is 76.9 Å².